The highest BCUT2D eigenvalue weighted by atomic mass is 16.8. The van der Waals surface area contributed by atoms with E-state index in [1.165, 1.54) is 13.8 Å². The second kappa shape index (κ2) is 30.7. The highest BCUT2D eigenvalue weighted by Crippen LogP contribution is 2.76. The Morgan fingerprint density at radius 3 is 1.77 bits per heavy atom. The van der Waals surface area contributed by atoms with Crippen LogP contribution >= 0.6 is 0 Å². The molecule has 4 saturated carbocycles. The van der Waals surface area contributed by atoms with Crippen LogP contribution in [0.4, 0.5) is 0 Å². The number of carbonyl (C=O) groups excluding carboxylic acids is 4. The van der Waals surface area contributed by atoms with Gasteiger partial charge in [-0.25, -0.2) is 4.79 Å². The Kier molecular flexibility index (Phi) is 24.0. The number of rotatable bonds is 20. The lowest BCUT2D eigenvalue weighted by Gasteiger charge is -2.71. The highest BCUT2D eigenvalue weighted by molar-refractivity contribution is 5.79. The second-order valence-electron chi connectivity index (χ2n) is 32.4. The van der Waals surface area contributed by atoms with Crippen molar-refractivity contribution in [2.75, 3.05) is 26.4 Å². The number of aliphatic hydroxyl groups is 14. The van der Waals surface area contributed by atoms with Gasteiger partial charge in [-0.1, -0.05) is 66.5 Å². The molecule has 37 atom stereocenters. The molecule has 10 fully saturated rings. The third kappa shape index (κ3) is 14.1. The fourth-order valence-electron chi connectivity index (χ4n) is 19.5. The zero-order valence-electron chi connectivity index (χ0n) is 59.6. The number of aldehydes is 1. The van der Waals surface area contributed by atoms with E-state index in [0.717, 1.165) is 18.8 Å². The predicted octanol–water partition coefficient (Wildman–Crippen LogP) is -1.95. The quantitative estimate of drug-likeness (QED) is 0.0157. The first kappa shape index (κ1) is 79.9. The van der Waals surface area contributed by atoms with E-state index in [0.29, 0.717) is 70.6 Å². The van der Waals surface area contributed by atoms with Crippen molar-refractivity contribution >= 4 is 24.2 Å². The minimum absolute atomic E-state index is 0.0222. The molecule has 0 amide bonds. The van der Waals surface area contributed by atoms with Gasteiger partial charge in [0, 0.05) is 6.92 Å². The van der Waals surface area contributed by atoms with Gasteiger partial charge >= 0.3 is 17.9 Å². The van der Waals surface area contributed by atoms with Crippen LogP contribution in [-0.4, -0.2) is 300 Å². The minimum Gasteiger partial charge on any atom is -0.464 e. The molecule has 6 saturated heterocycles. The van der Waals surface area contributed by atoms with Gasteiger partial charge in [-0.05, 0) is 124 Å². The molecule has 32 heteroatoms. The Hall–Kier alpha value is -3.18. The van der Waals surface area contributed by atoms with Crippen molar-refractivity contribution in [1.29, 1.82) is 0 Å². The van der Waals surface area contributed by atoms with Crippen LogP contribution in [0.2, 0.25) is 0 Å². The number of ether oxygens (including phenoxy) is 14. The van der Waals surface area contributed by atoms with Crippen molar-refractivity contribution in [3.63, 3.8) is 0 Å². The lowest BCUT2D eigenvalue weighted by atomic mass is 9.33. The number of fused-ring (bicyclic) bond motifs is 7. The summed E-state index contributed by atoms with van der Waals surface area (Å²) >= 11 is 0. The van der Waals surface area contributed by atoms with Gasteiger partial charge in [-0.15, -0.1) is 0 Å². The van der Waals surface area contributed by atoms with Crippen molar-refractivity contribution in [3.05, 3.63) is 11.6 Å². The van der Waals surface area contributed by atoms with Gasteiger partial charge in [-0.3, -0.25) is 9.59 Å². The third-order valence-corrected chi connectivity index (χ3v) is 25.8. The summed E-state index contributed by atoms with van der Waals surface area (Å²) in [4.78, 5) is 56.9. The van der Waals surface area contributed by atoms with E-state index < -0.39 is 249 Å². The molecule has 0 aromatic rings. The summed E-state index contributed by atoms with van der Waals surface area (Å²) in [7, 11) is 0. The lowest BCUT2D eigenvalue weighted by Crippen LogP contribution is -2.68. The molecule has 6 heterocycles. The molecule has 0 radical (unpaired) electrons. The first-order chi connectivity index (χ1) is 48.0. The van der Waals surface area contributed by atoms with Crippen LogP contribution < -0.4 is 0 Å². The highest BCUT2D eigenvalue weighted by Gasteiger charge is 2.71. The van der Waals surface area contributed by atoms with E-state index in [1.807, 2.05) is 13.8 Å². The van der Waals surface area contributed by atoms with E-state index in [9.17, 15) is 85.9 Å². The summed E-state index contributed by atoms with van der Waals surface area (Å²) in [6.07, 6.45) is -39.5. The van der Waals surface area contributed by atoms with E-state index in [2.05, 4.69) is 40.7 Å². The van der Waals surface area contributed by atoms with Crippen LogP contribution in [0, 0.1) is 50.2 Å². The Labute approximate surface area is 592 Å². The molecule has 14 N–H and O–H groups in total. The number of unbranched alkanes of at least 4 members (excludes halogenated alkanes) is 1. The van der Waals surface area contributed by atoms with Crippen LogP contribution in [-0.2, 0) is 85.5 Å². The van der Waals surface area contributed by atoms with Crippen LogP contribution in [0.3, 0.4) is 0 Å². The average Bonchev–Trinajstić information content (AvgIpc) is 0.675. The fraction of sp³-hybridized carbons (Fsp3) is 0.914. The summed E-state index contributed by atoms with van der Waals surface area (Å²) in [5.74, 6) is -3.36. The molecule has 6 aliphatic heterocycles. The zero-order valence-corrected chi connectivity index (χ0v) is 59.6. The van der Waals surface area contributed by atoms with E-state index in [4.69, 9.17) is 66.3 Å². The molecule has 11 rings (SSSR count). The smallest absolute Gasteiger partial charge is 0.338 e. The fourth-order valence-corrected chi connectivity index (χ4v) is 19.5. The Morgan fingerprint density at radius 2 is 1.13 bits per heavy atom. The lowest BCUT2D eigenvalue weighted by molar-refractivity contribution is -0.382. The molecule has 0 aromatic carbocycles. The first-order valence-electron chi connectivity index (χ1n) is 36.3. The standard InChI is InChI=1S/C70H110O32/c1-11-12-23-89-57(87)53-44(80)45(81)54(99-61-49(85)43(79)41(77)35(25-71)94-61)62(98-53)96-39-16-17-66(7)37(67(39,8)28-73)15-18-69(10)38(66)14-13-32-33-24-65(5,6)19-21-70(33,22-20-68(32,69)9)64(88)102-63-56(55(52(30(3)92-63)93-31(4)74)100-60-48(84)42(78)36(26-72)95-60)101-59-50(86)46(82)51(29(2)91-59)97-58-47(83)40(76)34(75)27-90-58/h13,28-30,33-56,58-63,71-72,75-86H,11-12,14-27H2,1-10H3/t29-,30+,33-,34+,35+,36+,37-,38+,39-,40-,41-,42+,43-,44-,45-,46-,47+,48+,49+,50+,51-,52-,53-,54+,55-,56+,58-,59-,60-,61-,62+,63-,66-,67-,68+,69+,70-/m0/s1. The normalized spacial score (nSPS) is 51.5. The topological polar surface area (TPSA) is 481 Å². The number of aliphatic hydroxyl groups excluding tert-OH is 14. The maximum absolute atomic E-state index is 16.1. The Morgan fingerprint density at radius 1 is 0.559 bits per heavy atom. The van der Waals surface area contributed by atoms with Crippen LogP contribution in [0.15, 0.2) is 11.6 Å². The van der Waals surface area contributed by atoms with Crippen LogP contribution in [0.1, 0.15) is 146 Å². The monoisotopic (exact) mass is 1460 g/mol. The molecule has 5 aliphatic carbocycles. The molecular weight excluding hydrogens is 1350 g/mol. The van der Waals surface area contributed by atoms with Gasteiger partial charge in [0.05, 0.1) is 55.6 Å². The number of allylic oxidation sites excluding steroid dienone is 2. The molecule has 582 valence electrons. The van der Waals surface area contributed by atoms with Crippen molar-refractivity contribution in [3.8, 4) is 0 Å². The molecular formula is C70H110O32. The van der Waals surface area contributed by atoms with E-state index >= 15 is 4.79 Å². The summed E-state index contributed by atoms with van der Waals surface area (Å²) < 4.78 is 85.5. The number of hydrogen-bond acceptors (Lipinski definition) is 32. The molecule has 0 unspecified atom stereocenters. The Balaban J connectivity index is 0.879. The summed E-state index contributed by atoms with van der Waals surface area (Å²) in [5.41, 5.74) is -3.31. The van der Waals surface area contributed by atoms with Crippen molar-refractivity contribution in [2.24, 2.45) is 50.2 Å². The van der Waals surface area contributed by atoms with Gasteiger partial charge in [0.2, 0.25) is 6.29 Å². The van der Waals surface area contributed by atoms with E-state index in [-0.39, 0.29) is 30.3 Å². The number of esters is 3. The van der Waals surface area contributed by atoms with Gasteiger partial charge in [-0.2, -0.15) is 0 Å². The first-order valence-corrected chi connectivity index (χ1v) is 36.3. The third-order valence-electron chi connectivity index (χ3n) is 25.8. The average molecular weight is 1460 g/mol. The summed E-state index contributed by atoms with van der Waals surface area (Å²) in [5, 5.41) is 153. The predicted molar refractivity (Wildman–Crippen MR) is 342 cm³/mol. The minimum atomic E-state index is -2.02. The van der Waals surface area contributed by atoms with Gasteiger partial charge in [0.1, 0.15) is 110 Å². The molecule has 0 aromatic heterocycles. The Bertz CT molecular complexity index is 2960. The van der Waals surface area contributed by atoms with Crippen LogP contribution in [0.5, 0.6) is 0 Å². The molecule has 32 nitrogen and oxygen atoms in total. The van der Waals surface area contributed by atoms with Crippen LogP contribution in [0.25, 0.3) is 0 Å². The van der Waals surface area contributed by atoms with Crippen molar-refractivity contribution in [1.82, 2.24) is 0 Å². The van der Waals surface area contributed by atoms with Crippen molar-refractivity contribution < 1.29 is 157 Å². The number of carbonyl (C=O) groups is 4. The molecule has 0 spiro atoms. The van der Waals surface area contributed by atoms with E-state index in [1.54, 1.807) is 0 Å². The SMILES string of the molecule is CCCCOC(=O)[C@H]1O[C@@H](O[C@H]2CC[C@@]3(C)[C@H](CC[C@]4(C)[C@@H]3CC=C3[C@@H]5CC(C)(C)CC[C@]5(C(=O)O[C@@H]5O[C@H](C)[C@H](OC(C)=O)[C@H](O[C@@H]6O[C@H](CO)[C@@H](O)[C@H]6O)[C@H]5O[C@@H]5O[C@@H](C)[C@H](O[C@@H]6OC[C@@H](O)[C@H](O)[C@H]6O)[C@@H](O)[C@H]5O)CC[C@]34C)[C@]2(C)C=O)[C@H](O[C@@H]2O[C@H](CO)[C@H](O)[C@H](O)[C@H]2O)[C@@H](O)[C@@H]1O. The maximum Gasteiger partial charge on any atom is 0.338 e. The number of hydrogen-bond donors (Lipinski definition) is 14. The molecule has 11 aliphatic rings. The molecule has 0 bridgehead atoms. The van der Waals surface area contributed by atoms with Crippen molar-refractivity contribution in [2.45, 2.75) is 324 Å². The summed E-state index contributed by atoms with van der Waals surface area (Å²) in [6.45, 7) is 16.8. The van der Waals surface area contributed by atoms with Gasteiger partial charge < -0.3 is 143 Å². The zero-order chi connectivity index (χ0) is 74.4. The van der Waals surface area contributed by atoms with Gasteiger partial charge in [0.15, 0.2) is 49.8 Å². The maximum atomic E-state index is 16.1. The van der Waals surface area contributed by atoms with Gasteiger partial charge in [0.25, 0.3) is 0 Å². The molecule has 102 heavy (non-hydrogen) atoms. The largest absolute Gasteiger partial charge is 0.464 e. The summed E-state index contributed by atoms with van der Waals surface area (Å²) in [6, 6.07) is 0. The second-order valence-corrected chi connectivity index (χ2v) is 32.4.